The Labute approximate surface area is 175 Å². The normalized spacial score (nSPS) is 16.4. The standard InChI is InChI=1S/C21H28F3N3O3/c1-16(2)19(30-18-7-4-3-6-17(18)14-25)20(28)27-11-9-26(10-12-27)8-5-13-29-15-21(22,23)24/h3-4,6-7,16,19H,5,8-13,15H2,1-2H3. The monoisotopic (exact) mass is 427 g/mol. The van der Waals surface area contributed by atoms with Gasteiger partial charge in [-0.3, -0.25) is 9.69 Å². The van der Waals surface area contributed by atoms with Crippen LogP contribution in [0.4, 0.5) is 13.2 Å². The zero-order chi connectivity index (χ0) is 22.1. The molecule has 9 heteroatoms. The molecule has 166 valence electrons. The zero-order valence-corrected chi connectivity index (χ0v) is 17.3. The van der Waals surface area contributed by atoms with Crippen LogP contribution in [0.3, 0.4) is 0 Å². The summed E-state index contributed by atoms with van der Waals surface area (Å²) in [5, 5.41) is 9.24. The molecular weight excluding hydrogens is 399 g/mol. The lowest BCUT2D eigenvalue weighted by Gasteiger charge is -2.37. The first-order chi connectivity index (χ1) is 14.2. The molecule has 0 radical (unpaired) electrons. The first-order valence-electron chi connectivity index (χ1n) is 10.0. The average molecular weight is 427 g/mol. The Morgan fingerprint density at radius 3 is 2.47 bits per heavy atom. The minimum absolute atomic E-state index is 0.0558. The molecule has 1 aromatic rings. The molecule has 1 aliphatic heterocycles. The maximum atomic E-state index is 13.0. The highest BCUT2D eigenvalue weighted by molar-refractivity contribution is 5.81. The average Bonchev–Trinajstić information content (AvgIpc) is 2.71. The molecule has 30 heavy (non-hydrogen) atoms. The van der Waals surface area contributed by atoms with Crippen molar-refractivity contribution in [2.75, 3.05) is 45.9 Å². The molecule has 1 aliphatic rings. The van der Waals surface area contributed by atoms with Crippen molar-refractivity contribution in [1.29, 1.82) is 5.26 Å². The van der Waals surface area contributed by atoms with Gasteiger partial charge >= 0.3 is 6.18 Å². The molecule has 1 heterocycles. The van der Waals surface area contributed by atoms with Gasteiger partial charge in [0.05, 0.1) is 5.56 Å². The highest BCUT2D eigenvalue weighted by atomic mass is 19.4. The minimum Gasteiger partial charge on any atom is -0.479 e. The van der Waals surface area contributed by atoms with Gasteiger partial charge in [0, 0.05) is 39.3 Å². The van der Waals surface area contributed by atoms with Gasteiger partial charge in [0.1, 0.15) is 18.4 Å². The maximum Gasteiger partial charge on any atom is 0.411 e. The molecule has 1 atom stereocenters. The summed E-state index contributed by atoms with van der Waals surface area (Å²) in [7, 11) is 0. The minimum atomic E-state index is -4.30. The van der Waals surface area contributed by atoms with Gasteiger partial charge in [-0.2, -0.15) is 18.4 Å². The predicted octanol–water partition coefficient (Wildman–Crippen LogP) is 3.07. The van der Waals surface area contributed by atoms with Gasteiger partial charge in [0.25, 0.3) is 5.91 Å². The molecule has 0 N–H and O–H groups in total. The molecule has 0 spiro atoms. The van der Waals surface area contributed by atoms with E-state index in [1.165, 1.54) is 0 Å². The number of halogens is 3. The third-order valence-electron chi connectivity index (χ3n) is 4.82. The predicted molar refractivity (Wildman–Crippen MR) is 105 cm³/mol. The molecule has 1 aromatic carbocycles. The van der Waals surface area contributed by atoms with Crippen LogP contribution in [-0.4, -0.2) is 73.9 Å². The van der Waals surface area contributed by atoms with E-state index in [0.717, 1.165) is 0 Å². The summed E-state index contributed by atoms with van der Waals surface area (Å²) in [6.45, 7) is 5.59. The molecule has 0 aliphatic carbocycles. The van der Waals surface area contributed by atoms with Crippen molar-refractivity contribution in [2.45, 2.75) is 32.5 Å². The van der Waals surface area contributed by atoms with Crippen LogP contribution in [0.15, 0.2) is 24.3 Å². The molecule has 1 amide bonds. The van der Waals surface area contributed by atoms with Crippen LogP contribution >= 0.6 is 0 Å². The van der Waals surface area contributed by atoms with Crippen molar-refractivity contribution in [2.24, 2.45) is 5.92 Å². The lowest BCUT2D eigenvalue weighted by Crippen LogP contribution is -2.53. The van der Waals surface area contributed by atoms with E-state index in [9.17, 15) is 23.2 Å². The number of alkyl halides is 3. The van der Waals surface area contributed by atoms with Crippen molar-refractivity contribution in [1.82, 2.24) is 9.80 Å². The van der Waals surface area contributed by atoms with E-state index in [1.807, 2.05) is 13.8 Å². The van der Waals surface area contributed by atoms with Crippen LogP contribution in [0, 0.1) is 17.2 Å². The lowest BCUT2D eigenvalue weighted by molar-refractivity contribution is -0.174. The van der Waals surface area contributed by atoms with Crippen molar-refractivity contribution in [3.8, 4) is 11.8 Å². The highest BCUT2D eigenvalue weighted by Gasteiger charge is 2.31. The fraction of sp³-hybridized carbons (Fsp3) is 0.619. The number of rotatable bonds is 9. The molecule has 1 unspecified atom stereocenters. The highest BCUT2D eigenvalue weighted by Crippen LogP contribution is 2.22. The van der Waals surface area contributed by atoms with Gasteiger partial charge < -0.3 is 14.4 Å². The van der Waals surface area contributed by atoms with E-state index in [4.69, 9.17) is 4.74 Å². The van der Waals surface area contributed by atoms with E-state index in [1.54, 1.807) is 29.2 Å². The molecule has 2 rings (SSSR count). The summed E-state index contributed by atoms with van der Waals surface area (Å²) >= 11 is 0. The summed E-state index contributed by atoms with van der Waals surface area (Å²) in [4.78, 5) is 16.9. The summed E-state index contributed by atoms with van der Waals surface area (Å²) in [5.41, 5.74) is 0.383. The Kier molecular flexibility index (Phi) is 8.93. The molecule has 6 nitrogen and oxygen atoms in total. The second-order valence-electron chi connectivity index (χ2n) is 7.58. The number of hydrogen-bond donors (Lipinski definition) is 0. The van der Waals surface area contributed by atoms with Gasteiger partial charge in [-0.25, -0.2) is 0 Å². The Morgan fingerprint density at radius 1 is 1.20 bits per heavy atom. The quantitative estimate of drug-likeness (QED) is 0.567. The third-order valence-corrected chi connectivity index (χ3v) is 4.82. The summed E-state index contributed by atoms with van der Waals surface area (Å²) in [5.74, 6) is 0.198. The van der Waals surface area contributed by atoms with Gasteiger partial charge in [0.2, 0.25) is 0 Å². The molecular formula is C21H28F3N3O3. The Balaban J connectivity index is 1.82. The number of amides is 1. The van der Waals surface area contributed by atoms with Crippen LogP contribution in [-0.2, 0) is 9.53 Å². The van der Waals surface area contributed by atoms with Crippen molar-refractivity contribution >= 4 is 5.91 Å². The second-order valence-corrected chi connectivity index (χ2v) is 7.58. The number of ether oxygens (including phenoxy) is 2. The number of carbonyl (C=O) groups is 1. The Hall–Kier alpha value is -2.31. The van der Waals surface area contributed by atoms with Crippen molar-refractivity contribution in [3.05, 3.63) is 29.8 Å². The van der Waals surface area contributed by atoms with E-state index >= 15 is 0 Å². The van der Waals surface area contributed by atoms with Gasteiger partial charge in [-0.05, 0) is 24.5 Å². The second kappa shape index (κ2) is 11.2. The largest absolute Gasteiger partial charge is 0.479 e. The SMILES string of the molecule is CC(C)C(Oc1ccccc1C#N)C(=O)N1CCN(CCCOCC(F)(F)F)CC1. The van der Waals surface area contributed by atoms with Crippen LogP contribution < -0.4 is 4.74 Å². The fourth-order valence-corrected chi connectivity index (χ4v) is 3.22. The van der Waals surface area contributed by atoms with E-state index in [-0.39, 0.29) is 18.4 Å². The molecule has 0 aromatic heterocycles. The van der Waals surface area contributed by atoms with E-state index in [0.29, 0.717) is 50.5 Å². The first kappa shape index (κ1) is 24.0. The Morgan fingerprint density at radius 2 is 1.87 bits per heavy atom. The van der Waals surface area contributed by atoms with Crippen LogP contribution in [0.2, 0.25) is 0 Å². The zero-order valence-electron chi connectivity index (χ0n) is 17.3. The van der Waals surface area contributed by atoms with Crippen molar-refractivity contribution < 1.29 is 27.4 Å². The van der Waals surface area contributed by atoms with Crippen LogP contribution in [0.5, 0.6) is 5.75 Å². The number of benzene rings is 1. The fourth-order valence-electron chi connectivity index (χ4n) is 3.22. The molecule has 0 bridgehead atoms. The number of carbonyl (C=O) groups excluding carboxylic acids is 1. The topological polar surface area (TPSA) is 65.8 Å². The third kappa shape index (κ3) is 7.50. The van der Waals surface area contributed by atoms with Gasteiger partial charge in [-0.1, -0.05) is 26.0 Å². The lowest BCUT2D eigenvalue weighted by atomic mass is 10.0. The molecule has 1 saturated heterocycles. The number of para-hydroxylation sites is 1. The maximum absolute atomic E-state index is 13.0. The van der Waals surface area contributed by atoms with Crippen LogP contribution in [0.1, 0.15) is 25.8 Å². The van der Waals surface area contributed by atoms with E-state index in [2.05, 4.69) is 15.7 Å². The van der Waals surface area contributed by atoms with E-state index < -0.39 is 18.9 Å². The smallest absolute Gasteiger partial charge is 0.411 e. The number of nitriles is 1. The van der Waals surface area contributed by atoms with Gasteiger partial charge in [-0.15, -0.1) is 0 Å². The van der Waals surface area contributed by atoms with Crippen LogP contribution in [0.25, 0.3) is 0 Å². The summed E-state index contributed by atoms with van der Waals surface area (Å²) < 4.78 is 46.7. The molecule has 0 saturated carbocycles. The number of piperazine rings is 1. The number of nitrogens with zero attached hydrogens (tertiary/aromatic N) is 3. The summed E-state index contributed by atoms with van der Waals surface area (Å²) in [6.07, 6.45) is -4.48. The van der Waals surface area contributed by atoms with Gasteiger partial charge in [0.15, 0.2) is 6.10 Å². The number of hydrogen-bond acceptors (Lipinski definition) is 5. The van der Waals surface area contributed by atoms with Crippen molar-refractivity contribution in [3.63, 3.8) is 0 Å². The molecule has 1 fully saturated rings. The summed E-state index contributed by atoms with van der Waals surface area (Å²) in [6, 6.07) is 8.90. The Bertz CT molecular complexity index is 726. The first-order valence-corrected chi connectivity index (χ1v) is 10.0.